The van der Waals surface area contributed by atoms with Crippen LogP contribution in [-0.4, -0.2) is 17.7 Å². The standard InChI is InChI=1S/C15H12Cl3N3O2S/c16-9-4-6-10(7-5-9)24-8-13(22)20-21-15(23)19-14-11(17)2-1-3-12(14)18/h1-7H,8H2,(H,20,22)(H2,19,21,23). The molecule has 0 bridgehead atoms. The maximum atomic E-state index is 11.8. The summed E-state index contributed by atoms with van der Waals surface area (Å²) >= 11 is 19.0. The number of hydrogen-bond donors (Lipinski definition) is 3. The number of anilines is 1. The van der Waals surface area contributed by atoms with E-state index < -0.39 is 6.03 Å². The van der Waals surface area contributed by atoms with Gasteiger partial charge in [-0.05, 0) is 36.4 Å². The van der Waals surface area contributed by atoms with Crippen molar-refractivity contribution in [3.63, 3.8) is 0 Å². The normalized spacial score (nSPS) is 10.1. The molecule has 3 amide bonds. The predicted octanol–water partition coefficient (Wildman–Crippen LogP) is 4.59. The minimum Gasteiger partial charge on any atom is -0.304 e. The molecule has 0 fully saturated rings. The fraction of sp³-hybridized carbons (Fsp3) is 0.0667. The summed E-state index contributed by atoms with van der Waals surface area (Å²) in [6.45, 7) is 0. The van der Waals surface area contributed by atoms with Gasteiger partial charge in [0.1, 0.15) is 0 Å². The second kappa shape index (κ2) is 9.03. The van der Waals surface area contributed by atoms with E-state index in [0.717, 1.165) is 4.90 Å². The highest BCUT2D eigenvalue weighted by atomic mass is 35.5. The van der Waals surface area contributed by atoms with Gasteiger partial charge in [0.15, 0.2) is 0 Å². The van der Waals surface area contributed by atoms with Crippen molar-refractivity contribution < 1.29 is 9.59 Å². The van der Waals surface area contributed by atoms with E-state index in [1.165, 1.54) is 11.8 Å². The Bertz CT molecular complexity index is 721. The van der Waals surface area contributed by atoms with E-state index in [2.05, 4.69) is 16.2 Å². The van der Waals surface area contributed by atoms with Gasteiger partial charge in [-0.2, -0.15) is 0 Å². The van der Waals surface area contributed by atoms with Gasteiger partial charge in [-0.15, -0.1) is 11.8 Å². The van der Waals surface area contributed by atoms with Crippen LogP contribution in [0.2, 0.25) is 15.1 Å². The molecule has 0 aliphatic rings. The van der Waals surface area contributed by atoms with Crippen molar-refractivity contribution in [2.45, 2.75) is 4.90 Å². The third-order valence-corrected chi connectivity index (χ3v) is 4.59. The summed E-state index contributed by atoms with van der Waals surface area (Å²) in [5.74, 6) is -0.232. The van der Waals surface area contributed by atoms with Gasteiger partial charge in [0, 0.05) is 9.92 Å². The van der Waals surface area contributed by atoms with E-state index in [1.807, 2.05) is 0 Å². The van der Waals surface area contributed by atoms with Crippen molar-refractivity contribution in [1.82, 2.24) is 10.9 Å². The molecule has 5 nitrogen and oxygen atoms in total. The molecule has 0 aromatic heterocycles. The molecule has 2 aromatic carbocycles. The van der Waals surface area contributed by atoms with Gasteiger partial charge in [-0.1, -0.05) is 40.9 Å². The van der Waals surface area contributed by atoms with Gasteiger partial charge >= 0.3 is 6.03 Å². The fourth-order valence-corrected chi connectivity index (χ4v) is 2.92. The van der Waals surface area contributed by atoms with Crippen LogP contribution in [0.15, 0.2) is 47.4 Å². The molecule has 0 radical (unpaired) electrons. The molecule has 0 atom stereocenters. The second-order valence-corrected chi connectivity index (χ2v) is 6.77. The summed E-state index contributed by atoms with van der Waals surface area (Å²) in [6.07, 6.45) is 0. The first kappa shape index (κ1) is 18.7. The number of amides is 3. The van der Waals surface area contributed by atoms with Gasteiger partial charge in [0.25, 0.3) is 0 Å². The van der Waals surface area contributed by atoms with Gasteiger partial charge in [0.05, 0.1) is 21.5 Å². The Balaban J connectivity index is 1.77. The molecule has 2 rings (SSSR count). The van der Waals surface area contributed by atoms with Crippen LogP contribution in [0.25, 0.3) is 0 Å². The molecule has 9 heteroatoms. The maximum absolute atomic E-state index is 11.8. The number of carbonyl (C=O) groups is 2. The van der Waals surface area contributed by atoms with E-state index in [0.29, 0.717) is 15.1 Å². The highest BCUT2D eigenvalue weighted by molar-refractivity contribution is 8.00. The van der Waals surface area contributed by atoms with E-state index in [1.54, 1.807) is 42.5 Å². The minimum atomic E-state index is -0.658. The quantitative estimate of drug-likeness (QED) is 0.515. The molecule has 0 saturated heterocycles. The number of nitrogens with one attached hydrogen (secondary N) is 3. The summed E-state index contributed by atoms with van der Waals surface area (Å²) in [5, 5.41) is 3.68. The van der Waals surface area contributed by atoms with E-state index >= 15 is 0 Å². The zero-order valence-electron chi connectivity index (χ0n) is 12.1. The molecule has 126 valence electrons. The fourth-order valence-electron chi connectivity index (χ4n) is 1.60. The van der Waals surface area contributed by atoms with Crippen LogP contribution in [0, 0.1) is 0 Å². The zero-order valence-corrected chi connectivity index (χ0v) is 15.2. The van der Waals surface area contributed by atoms with Crippen LogP contribution in [-0.2, 0) is 4.79 Å². The van der Waals surface area contributed by atoms with Gasteiger partial charge in [0.2, 0.25) is 5.91 Å². The number of para-hydroxylation sites is 1. The van der Waals surface area contributed by atoms with Crippen LogP contribution < -0.4 is 16.2 Å². The average Bonchev–Trinajstić information content (AvgIpc) is 2.56. The Kier molecular flexibility index (Phi) is 7.05. The topological polar surface area (TPSA) is 70.2 Å². The minimum absolute atomic E-state index is 0.134. The largest absolute Gasteiger partial charge is 0.338 e. The molecule has 24 heavy (non-hydrogen) atoms. The Morgan fingerprint density at radius 3 is 2.17 bits per heavy atom. The maximum Gasteiger partial charge on any atom is 0.338 e. The van der Waals surface area contributed by atoms with E-state index in [4.69, 9.17) is 34.8 Å². The Hall–Kier alpha value is -1.60. The van der Waals surface area contributed by atoms with Crippen molar-refractivity contribution in [2.24, 2.45) is 0 Å². The highest BCUT2D eigenvalue weighted by Crippen LogP contribution is 2.29. The molecule has 0 heterocycles. The summed E-state index contributed by atoms with van der Waals surface area (Å²) in [7, 11) is 0. The first-order chi connectivity index (χ1) is 11.5. The predicted molar refractivity (Wildman–Crippen MR) is 98.9 cm³/mol. The molecule has 0 aliphatic heterocycles. The number of carbonyl (C=O) groups excluding carboxylic acids is 2. The highest BCUT2D eigenvalue weighted by Gasteiger charge is 2.10. The molecule has 2 aromatic rings. The first-order valence-corrected chi connectivity index (χ1v) is 8.76. The molecular weight excluding hydrogens is 393 g/mol. The van der Waals surface area contributed by atoms with E-state index in [-0.39, 0.29) is 17.3 Å². The summed E-state index contributed by atoms with van der Waals surface area (Å²) in [5.41, 5.74) is 4.79. The average molecular weight is 405 g/mol. The zero-order chi connectivity index (χ0) is 17.5. The molecule has 3 N–H and O–H groups in total. The number of rotatable bonds is 4. The number of benzene rings is 2. The molecular formula is C15H12Cl3N3O2S. The number of halogens is 3. The van der Waals surface area contributed by atoms with Gasteiger partial charge in [-0.3, -0.25) is 10.2 Å². The summed E-state index contributed by atoms with van der Waals surface area (Å²) in [4.78, 5) is 24.4. The van der Waals surface area contributed by atoms with Crippen LogP contribution in [0.3, 0.4) is 0 Å². The molecule has 0 saturated carbocycles. The lowest BCUT2D eigenvalue weighted by Gasteiger charge is -2.11. The third kappa shape index (κ3) is 5.79. The lowest BCUT2D eigenvalue weighted by atomic mass is 10.3. The lowest BCUT2D eigenvalue weighted by molar-refractivity contribution is -0.119. The summed E-state index contributed by atoms with van der Waals surface area (Å²) in [6, 6.07) is 11.3. The first-order valence-electron chi connectivity index (χ1n) is 6.64. The van der Waals surface area contributed by atoms with Crippen LogP contribution in [0.5, 0.6) is 0 Å². The lowest BCUT2D eigenvalue weighted by Crippen LogP contribution is -2.44. The van der Waals surface area contributed by atoms with E-state index in [9.17, 15) is 9.59 Å². The SMILES string of the molecule is O=C(CSc1ccc(Cl)cc1)NNC(=O)Nc1c(Cl)cccc1Cl. The molecule has 0 spiro atoms. The number of hydrogen-bond acceptors (Lipinski definition) is 3. The Morgan fingerprint density at radius 1 is 0.917 bits per heavy atom. The number of urea groups is 1. The van der Waals surface area contributed by atoms with Crippen molar-refractivity contribution >= 4 is 64.2 Å². The van der Waals surface area contributed by atoms with Crippen molar-refractivity contribution in [1.29, 1.82) is 0 Å². The Morgan fingerprint density at radius 2 is 1.54 bits per heavy atom. The Labute approximate surface area is 158 Å². The van der Waals surface area contributed by atoms with Crippen LogP contribution in [0.4, 0.5) is 10.5 Å². The summed E-state index contributed by atoms with van der Waals surface area (Å²) < 4.78 is 0. The second-order valence-electron chi connectivity index (χ2n) is 4.47. The smallest absolute Gasteiger partial charge is 0.304 e. The van der Waals surface area contributed by atoms with Gasteiger partial charge in [-0.25, -0.2) is 10.2 Å². The third-order valence-electron chi connectivity index (χ3n) is 2.70. The van der Waals surface area contributed by atoms with Crippen molar-refractivity contribution in [2.75, 3.05) is 11.1 Å². The van der Waals surface area contributed by atoms with Crippen LogP contribution in [0.1, 0.15) is 0 Å². The molecule has 0 aliphatic carbocycles. The number of hydrazine groups is 1. The number of thioether (sulfide) groups is 1. The monoisotopic (exact) mass is 403 g/mol. The molecule has 0 unspecified atom stereocenters. The van der Waals surface area contributed by atoms with Crippen LogP contribution >= 0.6 is 46.6 Å². The van der Waals surface area contributed by atoms with Gasteiger partial charge < -0.3 is 5.32 Å². The van der Waals surface area contributed by atoms with Crippen molar-refractivity contribution in [3.05, 3.63) is 57.5 Å². The van der Waals surface area contributed by atoms with Crippen molar-refractivity contribution in [3.8, 4) is 0 Å².